The predicted molar refractivity (Wildman–Crippen MR) is 79.1 cm³/mol. The van der Waals surface area contributed by atoms with Gasteiger partial charge in [-0.3, -0.25) is 0 Å². The maximum absolute atomic E-state index is 13.2. The number of rotatable bonds is 6. The highest BCUT2D eigenvalue weighted by molar-refractivity contribution is 9.10. The van der Waals surface area contributed by atoms with E-state index >= 15 is 0 Å². The molecule has 3 heteroatoms. The first kappa shape index (κ1) is 15.2. The van der Waals surface area contributed by atoms with E-state index in [0.29, 0.717) is 15.2 Å². The first-order valence-corrected chi connectivity index (χ1v) is 7.90. The molecule has 0 heterocycles. The van der Waals surface area contributed by atoms with E-state index in [1.165, 1.54) is 25.3 Å². The molecule has 2 atom stereocenters. The number of unbranched alkanes of at least 4 members (excludes halogenated alkanes) is 1. The molecular formula is C14H19Br2F. The Morgan fingerprint density at radius 1 is 1.29 bits per heavy atom. The highest BCUT2D eigenvalue weighted by Crippen LogP contribution is 2.37. The summed E-state index contributed by atoms with van der Waals surface area (Å²) in [5.74, 6) is 0.419. The van der Waals surface area contributed by atoms with Gasteiger partial charge in [-0.25, -0.2) is 4.39 Å². The number of hydrogen-bond acceptors (Lipinski definition) is 0. The van der Waals surface area contributed by atoms with Crippen LogP contribution in [0.4, 0.5) is 4.39 Å². The van der Waals surface area contributed by atoms with Gasteiger partial charge < -0.3 is 0 Å². The zero-order valence-corrected chi connectivity index (χ0v) is 13.5. The van der Waals surface area contributed by atoms with Gasteiger partial charge in [0, 0.05) is 4.83 Å². The van der Waals surface area contributed by atoms with Gasteiger partial charge in [0.25, 0.3) is 0 Å². The summed E-state index contributed by atoms with van der Waals surface area (Å²) in [4.78, 5) is 0.316. The van der Waals surface area contributed by atoms with Crippen molar-refractivity contribution in [3.05, 3.63) is 34.1 Å². The molecule has 0 N–H and O–H groups in total. The average molecular weight is 366 g/mol. The van der Waals surface area contributed by atoms with E-state index in [4.69, 9.17) is 0 Å². The normalized spacial score (nSPS) is 14.6. The minimum Gasteiger partial charge on any atom is -0.206 e. The van der Waals surface area contributed by atoms with Crippen LogP contribution in [0, 0.1) is 11.7 Å². The Kier molecular flexibility index (Phi) is 6.71. The molecule has 0 saturated carbocycles. The molecule has 0 spiro atoms. The Bertz CT molecular complexity index is 352. The molecule has 0 fully saturated rings. The van der Waals surface area contributed by atoms with Crippen LogP contribution in [0.3, 0.4) is 0 Å². The van der Waals surface area contributed by atoms with Crippen LogP contribution in [0.25, 0.3) is 0 Å². The third-order valence-electron chi connectivity index (χ3n) is 3.13. The van der Waals surface area contributed by atoms with Gasteiger partial charge in [0.2, 0.25) is 0 Å². The summed E-state index contributed by atoms with van der Waals surface area (Å²) in [6, 6.07) is 5.28. The van der Waals surface area contributed by atoms with Crippen LogP contribution >= 0.6 is 31.9 Å². The minimum absolute atomic E-state index is 0.199. The average Bonchev–Trinajstić information content (AvgIpc) is 2.33. The maximum Gasteiger partial charge on any atom is 0.137 e. The van der Waals surface area contributed by atoms with Crippen molar-refractivity contribution in [3.8, 4) is 0 Å². The van der Waals surface area contributed by atoms with Crippen LogP contribution in [0.5, 0.6) is 0 Å². The first-order valence-electron chi connectivity index (χ1n) is 6.19. The monoisotopic (exact) mass is 364 g/mol. The largest absolute Gasteiger partial charge is 0.206 e. The van der Waals surface area contributed by atoms with Crippen molar-refractivity contribution in [2.45, 2.75) is 44.4 Å². The Morgan fingerprint density at radius 2 is 2.00 bits per heavy atom. The molecule has 1 aromatic carbocycles. The number of benzene rings is 1. The quantitative estimate of drug-likeness (QED) is 0.523. The van der Waals surface area contributed by atoms with Crippen molar-refractivity contribution in [2.75, 3.05) is 0 Å². The highest BCUT2D eigenvalue weighted by Gasteiger charge is 2.19. The molecule has 0 saturated heterocycles. The van der Waals surface area contributed by atoms with Crippen molar-refractivity contribution in [1.29, 1.82) is 0 Å². The fourth-order valence-corrected chi connectivity index (χ4v) is 3.30. The summed E-state index contributed by atoms with van der Waals surface area (Å²) < 4.78 is 13.7. The second-order valence-electron chi connectivity index (χ2n) is 4.39. The summed E-state index contributed by atoms with van der Waals surface area (Å²) in [6.07, 6.45) is 4.84. The molecule has 17 heavy (non-hydrogen) atoms. The molecule has 1 rings (SSSR count). The van der Waals surface area contributed by atoms with E-state index in [1.54, 1.807) is 0 Å². The van der Waals surface area contributed by atoms with Crippen LogP contribution in [-0.2, 0) is 0 Å². The summed E-state index contributed by atoms with van der Waals surface area (Å²) in [6.45, 7) is 4.43. The van der Waals surface area contributed by atoms with E-state index in [0.717, 1.165) is 12.0 Å². The molecule has 0 nitrogen and oxygen atoms in total. The summed E-state index contributed by atoms with van der Waals surface area (Å²) >= 11 is 7.00. The minimum atomic E-state index is -0.199. The van der Waals surface area contributed by atoms with Gasteiger partial charge in [-0.05, 0) is 46.0 Å². The molecule has 96 valence electrons. The van der Waals surface area contributed by atoms with E-state index in [1.807, 2.05) is 12.1 Å². The van der Waals surface area contributed by atoms with Crippen molar-refractivity contribution in [3.63, 3.8) is 0 Å². The van der Waals surface area contributed by atoms with Crippen LogP contribution in [0.1, 0.15) is 49.9 Å². The second-order valence-corrected chi connectivity index (χ2v) is 6.23. The van der Waals surface area contributed by atoms with E-state index in [2.05, 4.69) is 45.7 Å². The molecule has 0 amide bonds. The van der Waals surface area contributed by atoms with Crippen molar-refractivity contribution < 1.29 is 4.39 Å². The Hall–Kier alpha value is 0.110. The van der Waals surface area contributed by atoms with Gasteiger partial charge >= 0.3 is 0 Å². The van der Waals surface area contributed by atoms with Gasteiger partial charge in [-0.2, -0.15) is 0 Å². The second kappa shape index (κ2) is 7.52. The van der Waals surface area contributed by atoms with E-state index in [9.17, 15) is 4.39 Å². The maximum atomic E-state index is 13.2. The zero-order chi connectivity index (χ0) is 12.8. The number of halogens is 3. The summed E-state index contributed by atoms with van der Waals surface area (Å²) in [7, 11) is 0. The number of hydrogen-bond donors (Lipinski definition) is 0. The van der Waals surface area contributed by atoms with Gasteiger partial charge in [0.1, 0.15) is 5.82 Å². The lowest BCUT2D eigenvalue weighted by Crippen LogP contribution is -2.07. The lowest BCUT2D eigenvalue weighted by atomic mass is 9.92. The summed E-state index contributed by atoms with van der Waals surface area (Å²) in [5, 5.41) is 0. The van der Waals surface area contributed by atoms with Gasteiger partial charge in [-0.15, -0.1) is 0 Å². The highest BCUT2D eigenvalue weighted by atomic mass is 79.9. The lowest BCUT2D eigenvalue weighted by Gasteiger charge is -2.21. The van der Waals surface area contributed by atoms with Gasteiger partial charge in [0.05, 0.1) is 4.47 Å². The molecule has 0 bridgehead atoms. The van der Waals surface area contributed by atoms with Gasteiger partial charge in [-0.1, -0.05) is 55.1 Å². The first-order chi connectivity index (χ1) is 8.10. The number of alkyl halides is 1. The molecular weight excluding hydrogens is 347 g/mol. The molecule has 0 radical (unpaired) electrons. The Labute approximate surface area is 120 Å². The van der Waals surface area contributed by atoms with Crippen LogP contribution in [-0.4, -0.2) is 0 Å². The van der Waals surface area contributed by atoms with Crippen LogP contribution < -0.4 is 0 Å². The van der Waals surface area contributed by atoms with Crippen molar-refractivity contribution in [1.82, 2.24) is 0 Å². The van der Waals surface area contributed by atoms with Crippen molar-refractivity contribution in [2.24, 2.45) is 5.92 Å². The molecule has 0 aromatic heterocycles. The van der Waals surface area contributed by atoms with Crippen molar-refractivity contribution >= 4 is 31.9 Å². The summed E-state index contributed by atoms with van der Waals surface area (Å²) in [5.41, 5.74) is 1.15. The topological polar surface area (TPSA) is 0 Å². The third kappa shape index (κ3) is 4.36. The zero-order valence-electron chi connectivity index (χ0n) is 10.3. The fraction of sp³-hybridized carbons (Fsp3) is 0.571. The molecule has 1 aromatic rings. The van der Waals surface area contributed by atoms with Gasteiger partial charge in [0.15, 0.2) is 0 Å². The smallest absolute Gasteiger partial charge is 0.137 e. The van der Waals surface area contributed by atoms with E-state index < -0.39 is 0 Å². The SMILES string of the molecule is CCCCC(CC)C(Br)c1ccc(F)c(Br)c1. The molecule has 0 aliphatic rings. The van der Waals surface area contributed by atoms with Crippen LogP contribution in [0.2, 0.25) is 0 Å². The predicted octanol–water partition coefficient (Wildman–Crippen LogP) is 6.24. The Morgan fingerprint density at radius 3 is 2.53 bits per heavy atom. The molecule has 0 aliphatic heterocycles. The Balaban J connectivity index is 2.78. The molecule has 0 aliphatic carbocycles. The fourth-order valence-electron chi connectivity index (χ4n) is 1.98. The van der Waals surface area contributed by atoms with E-state index in [-0.39, 0.29) is 5.82 Å². The lowest BCUT2D eigenvalue weighted by molar-refractivity contribution is 0.445. The van der Waals surface area contributed by atoms with Crippen LogP contribution in [0.15, 0.2) is 22.7 Å². The standard InChI is InChI=1S/C14H19Br2F/c1-3-5-6-10(4-2)14(16)11-7-8-13(17)12(15)9-11/h7-10,14H,3-6H2,1-2H3. The third-order valence-corrected chi connectivity index (χ3v) is 5.01. The molecule has 2 unspecified atom stereocenters.